The molecule has 3 aromatic carbocycles. The minimum Gasteiger partial charge on any atom is -0.507 e. The Hall–Kier alpha value is -4.46. The van der Waals surface area contributed by atoms with Gasteiger partial charge in [-0.25, -0.2) is 0 Å². The monoisotopic (exact) mass is 545 g/mol. The Morgan fingerprint density at radius 2 is 1.45 bits per heavy atom. The molecule has 0 aliphatic carbocycles. The number of amides is 1. The van der Waals surface area contributed by atoms with Gasteiger partial charge in [-0.3, -0.25) is 9.59 Å². The zero-order valence-corrected chi connectivity index (χ0v) is 23.7. The predicted molar refractivity (Wildman–Crippen MR) is 152 cm³/mol. The lowest BCUT2D eigenvalue weighted by atomic mass is 9.91. The van der Waals surface area contributed by atoms with Crippen molar-refractivity contribution < 1.29 is 33.6 Å². The van der Waals surface area contributed by atoms with Crippen LogP contribution in [0.25, 0.3) is 5.76 Å². The third kappa shape index (κ3) is 5.61. The maximum atomic E-state index is 13.5. The van der Waals surface area contributed by atoms with E-state index in [1.807, 2.05) is 32.9 Å². The number of likely N-dealkylation sites (tertiary alicyclic amines) is 1. The van der Waals surface area contributed by atoms with Crippen LogP contribution in [0.4, 0.5) is 0 Å². The quantitative estimate of drug-likeness (QED) is 0.200. The summed E-state index contributed by atoms with van der Waals surface area (Å²) in [4.78, 5) is 28.3. The smallest absolute Gasteiger partial charge is 0.295 e. The van der Waals surface area contributed by atoms with Crippen molar-refractivity contribution in [2.24, 2.45) is 0 Å². The van der Waals surface area contributed by atoms with Crippen LogP contribution in [0.5, 0.6) is 23.0 Å². The van der Waals surface area contributed by atoms with E-state index in [1.165, 1.54) is 4.90 Å². The summed E-state index contributed by atoms with van der Waals surface area (Å²) in [6.07, 6.45) is 0. The summed E-state index contributed by atoms with van der Waals surface area (Å²) in [6, 6.07) is 17.1. The minimum atomic E-state index is -0.811. The second-order valence-electron chi connectivity index (χ2n) is 9.85. The SMILES string of the molecule is COc1ccc(OCCN2C(=O)C(=O)/C(=C(/O)c3cc(C(C)C)c(OC)cc3C)C2c2ccc(OC)cc2)cc1. The van der Waals surface area contributed by atoms with E-state index in [-0.39, 0.29) is 30.4 Å². The number of ketones is 1. The van der Waals surface area contributed by atoms with Gasteiger partial charge >= 0.3 is 0 Å². The van der Waals surface area contributed by atoms with E-state index in [1.54, 1.807) is 69.9 Å². The highest BCUT2D eigenvalue weighted by molar-refractivity contribution is 6.46. The van der Waals surface area contributed by atoms with Gasteiger partial charge in [-0.2, -0.15) is 0 Å². The first-order valence-electron chi connectivity index (χ1n) is 13.1. The molecule has 0 spiro atoms. The molecule has 1 atom stereocenters. The van der Waals surface area contributed by atoms with E-state index in [0.717, 1.165) is 11.1 Å². The van der Waals surface area contributed by atoms with Gasteiger partial charge in [0, 0.05) is 5.56 Å². The number of hydrogen-bond acceptors (Lipinski definition) is 7. The van der Waals surface area contributed by atoms with Crippen LogP contribution in [0.3, 0.4) is 0 Å². The van der Waals surface area contributed by atoms with Gasteiger partial charge in [0.15, 0.2) is 0 Å². The lowest BCUT2D eigenvalue weighted by Crippen LogP contribution is -2.33. The van der Waals surface area contributed by atoms with Gasteiger partial charge in [0.1, 0.15) is 35.4 Å². The third-order valence-corrected chi connectivity index (χ3v) is 7.09. The Balaban J connectivity index is 1.75. The van der Waals surface area contributed by atoms with E-state index in [0.29, 0.717) is 34.1 Å². The number of aryl methyl sites for hydroxylation is 1. The Bertz CT molecular complexity index is 1410. The zero-order valence-electron chi connectivity index (χ0n) is 23.7. The molecule has 1 heterocycles. The maximum absolute atomic E-state index is 13.5. The average molecular weight is 546 g/mol. The molecule has 0 saturated carbocycles. The van der Waals surface area contributed by atoms with Gasteiger partial charge in [-0.1, -0.05) is 26.0 Å². The van der Waals surface area contributed by atoms with E-state index in [9.17, 15) is 14.7 Å². The fraction of sp³-hybridized carbons (Fsp3) is 0.312. The molecule has 1 aliphatic heterocycles. The first-order chi connectivity index (χ1) is 19.2. The number of hydrogen-bond donors (Lipinski definition) is 1. The van der Waals surface area contributed by atoms with Crippen LogP contribution in [0.15, 0.2) is 66.2 Å². The molecule has 210 valence electrons. The molecule has 0 aromatic heterocycles. The number of methoxy groups -OCH3 is 3. The second kappa shape index (κ2) is 12.2. The minimum absolute atomic E-state index is 0.0302. The summed E-state index contributed by atoms with van der Waals surface area (Å²) < 4.78 is 21.9. The van der Waals surface area contributed by atoms with Gasteiger partial charge in [0.25, 0.3) is 11.7 Å². The molecule has 1 saturated heterocycles. The number of benzene rings is 3. The molecule has 1 N–H and O–H groups in total. The van der Waals surface area contributed by atoms with Crippen LogP contribution < -0.4 is 18.9 Å². The highest BCUT2D eigenvalue weighted by atomic mass is 16.5. The van der Waals surface area contributed by atoms with Crippen molar-refractivity contribution in [1.82, 2.24) is 4.90 Å². The summed E-state index contributed by atoms with van der Waals surface area (Å²) in [5.41, 5.74) is 2.79. The van der Waals surface area contributed by atoms with Gasteiger partial charge in [-0.05, 0) is 78.1 Å². The Labute approximate surface area is 234 Å². The Morgan fingerprint density at radius 1 is 0.875 bits per heavy atom. The van der Waals surface area contributed by atoms with Crippen LogP contribution >= 0.6 is 0 Å². The highest BCUT2D eigenvalue weighted by Gasteiger charge is 2.46. The normalized spacial score (nSPS) is 16.4. The van der Waals surface area contributed by atoms with E-state index >= 15 is 0 Å². The van der Waals surface area contributed by atoms with Crippen molar-refractivity contribution >= 4 is 17.4 Å². The van der Waals surface area contributed by atoms with Gasteiger partial charge < -0.3 is 29.0 Å². The van der Waals surface area contributed by atoms with E-state index in [4.69, 9.17) is 18.9 Å². The summed E-state index contributed by atoms with van der Waals surface area (Å²) >= 11 is 0. The molecule has 1 aliphatic rings. The summed E-state index contributed by atoms with van der Waals surface area (Å²) in [7, 11) is 4.75. The van der Waals surface area contributed by atoms with Crippen molar-refractivity contribution in [3.8, 4) is 23.0 Å². The standard InChI is InChI=1S/C32H35NO7/c1-19(2)25-18-26(20(3)17-27(25)39-6)30(34)28-29(21-7-9-22(37-4)10-8-21)33(32(36)31(28)35)15-16-40-24-13-11-23(38-5)12-14-24/h7-14,17-19,29,34H,15-16H2,1-6H3/b30-28+. The van der Waals surface area contributed by atoms with Crippen molar-refractivity contribution in [1.29, 1.82) is 0 Å². The van der Waals surface area contributed by atoms with Crippen LogP contribution in [-0.2, 0) is 9.59 Å². The summed E-state index contributed by atoms with van der Waals surface area (Å²) in [5.74, 6) is 1.08. The Kier molecular flexibility index (Phi) is 8.67. The number of carbonyl (C=O) groups is 2. The van der Waals surface area contributed by atoms with Crippen molar-refractivity contribution in [2.45, 2.75) is 32.7 Å². The molecule has 8 heteroatoms. The molecule has 0 bridgehead atoms. The lowest BCUT2D eigenvalue weighted by Gasteiger charge is -2.26. The molecule has 40 heavy (non-hydrogen) atoms. The number of ether oxygens (including phenoxy) is 4. The van der Waals surface area contributed by atoms with Crippen LogP contribution in [0, 0.1) is 6.92 Å². The van der Waals surface area contributed by atoms with Gasteiger partial charge in [0.2, 0.25) is 0 Å². The third-order valence-electron chi connectivity index (χ3n) is 7.09. The molecule has 1 fully saturated rings. The number of aliphatic hydroxyl groups is 1. The fourth-order valence-corrected chi connectivity index (χ4v) is 4.90. The van der Waals surface area contributed by atoms with Crippen molar-refractivity contribution in [3.05, 3.63) is 88.5 Å². The molecular weight excluding hydrogens is 510 g/mol. The van der Waals surface area contributed by atoms with Gasteiger partial charge in [-0.15, -0.1) is 0 Å². The second-order valence-corrected chi connectivity index (χ2v) is 9.85. The average Bonchev–Trinajstić information content (AvgIpc) is 3.21. The first-order valence-corrected chi connectivity index (χ1v) is 13.1. The summed E-state index contributed by atoms with van der Waals surface area (Å²) in [6.45, 7) is 6.16. The van der Waals surface area contributed by atoms with Crippen molar-refractivity contribution in [3.63, 3.8) is 0 Å². The van der Waals surface area contributed by atoms with Crippen LogP contribution in [-0.4, -0.2) is 56.2 Å². The largest absolute Gasteiger partial charge is 0.507 e. The van der Waals surface area contributed by atoms with E-state index in [2.05, 4.69) is 0 Å². The van der Waals surface area contributed by atoms with Crippen molar-refractivity contribution in [2.75, 3.05) is 34.5 Å². The number of carbonyl (C=O) groups excluding carboxylic acids is 2. The lowest BCUT2D eigenvalue weighted by molar-refractivity contribution is -0.140. The molecule has 4 rings (SSSR count). The topological polar surface area (TPSA) is 94.5 Å². The first kappa shape index (κ1) is 28.5. The van der Waals surface area contributed by atoms with Crippen LogP contribution in [0.2, 0.25) is 0 Å². The maximum Gasteiger partial charge on any atom is 0.295 e. The number of aliphatic hydroxyl groups excluding tert-OH is 1. The molecule has 8 nitrogen and oxygen atoms in total. The van der Waals surface area contributed by atoms with E-state index < -0.39 is 17.7 Å². The highest BCUT2D eigenvalue weighted by Crippen LogP contribution is 2.41. The molecule has 1 unspecified atom stereocenters. The molecule has 1 amide bonds. The summed E-state index contributed by atoms with van der Waals surface area (Å²) in [5, 5.41) is 11.6. The predicted octanol–water partition coefficient (Wildman–Crippen LogP) is 5.64. The fourth-order valence-electron chi connectivity index (χ4n) is 4.90. The number of nitrogens with zero attached hydrogens (tertiary/aromatic N) is 1. The molecule has 0 radical (unpaired) electrons. The number of Topliss-reactive ketones (excluding diaryl/α,β-unsaturated/α-hetero) is 1. The zero-order chi connectivity index (χ0) is 29.0. The van der Waals surface area contributed by atoms with Gasteiger partial charge in [0.05, 0.1) is 39.5 Å². The van der Waals surface area contributed by atoms with Crippen LogP contribution in [0.1, 0.15) is 48.1 Å². The Morgan fingerprint density at radius 3 is 2.00 bits per heavy atom. The molecular formula is C32H35NO7. The number of rotatable bonds is 10. The molecule has 3 aromatic rings.